The molecular weight excluding hydrogens is 265 g/mol. The van der Waals surface area contributed by atoms with Gasteiger partial charge in [0.1, 0.15) is 5.69 Å². The second-order valence-electron chi connectivity index (χ2n) is 4.10. The van der Waals surface area contributed by atoms with Crippen molar-refractivity contribution in [2.24, 2.45) is 5.92 Å². The normalized spacial score (nSPS) is 11.6. The van der Waals surface area contributed by atoms with Gasteiger partial charge in [-0.15, -0.1) is 0 Å². The third-order valence-corrected chi connectivity index (χ3v) is 2.67. The van der Waals surface area contributed by atoms with Crippen LogP contribution in [0.2, 0.25) is 0 Å². The number of esters is 1. The number of anilines is 1. The van der Waals surface area contributed by atoms with E-state index in [-0.39, 0.29) is 24.0 Å². The average molecular weight is 283 g/mol. The van der Waals surface area contributed by atoms with E-state index in [1.165, 1.54) is 12.1 Å². The summed E-state index contributed by atoms with van der Waals surface area (Å²) in [5.74, 6) is -2.02. The van der Waals surface area contributed by atoms with Gasteiger partial charge in [-0.3, -0.25) is 4.79 Å². The molecule has 5 nitrogen and oxygen atoms in total. The lowest BCUT2D eigenvalue weighted by Gasteiger charge is -2.16. The van der Waals surface area contributed by atoms with Crippen LogP contribution in [0, 0.1) is 5.92 Å². The molecule has 0 aliphatic heterocycles. The Morgan fingerprint density at radius 1 is 1.25 bits per heavy atom. The van der Waals surface area contributed by atoms with Gasteiger partial charge in [0.15, 0.2) is 0 Å². The number of nitrogens with zero attached hydrogens (tertiary/aromatic N) is 1. The zero-order chi connectivity index (χ0) is 15.0. The maximum absolute atomic E-state index is 13.6. The van der Waals surface area contributed by atoms with Crippen LogP contribution in [0.15, 0.2) is 30.3 Å². The highest BCUT2D eigenvalue weighted by atomic mass is 19.2. The standard InChI is InChI=1S/C14H18FNO4/c1-3-11(10-13(17)19-4-2)14(18)20-16(15)12-8-6-5-7-9-12/h5-9,11H,3-4,10H2,1-2H3. The molecule has 0 aliphatic rings. The van der Waals surface area contributed by atoms with E-state index in [2.05, 4.69) is 4.84 Å². The molecule has 0 fully saturated rings. The minimum absolute atomic E-state index is 0.101. The summed E-state index contributed by atoms with van der Waals surface area (Å²) in [6.45, 7) is 3.63. The van der Waals surface area contributed by atoms with Gasteiger partial charge in [0, 0.05) is 0 Å². The second-order valence-corrected chi connectivity index (χ2v) is 4.10. The van der Waals surface area contributed by atoms with E-state index in [1.54, 1.807) is 32.0 Å². The molecule has 0 spiro atoms. The van der Waals surface area contributed by atoms with Crippen molar-refractivity contribution in [2.45, 2.75) is 26.7 Å². The number of rotatable bonds is 7. The van der Waals surface area contributed by atoms with Gasteiger partial charge < -0.3 is 9.57 Å². The van der Waals surface area contributed by atoms with E-state index in [0.29, 0.717) is 6.42 Å². The first-order chi connectivity index (χ1) is 9.58. The average Bonchev–Trinajstić information content (AvgIpc) is 2.45. The lowest BCUT2D eigenvalue weighted by molar-refractivity contribution is -0.160. The first-order valence-electron chi connectivity index (χ1n) is 6.46. The maximum Gasteiger partial charge on any atom is 0.339 e. The van der Waals surface area contributed by atoms with Crippen LogP contribution in [0.3, 0.4) is 0 Å². The van der Waals surface area contributed by atoms with Crippen molar-refractivity contribution in [1.29, 1.82) is 0 Å². The zero-order valence-electron chi connectivity index (χ0n) is 11.5. The molecule has 1 aromatic carbocycles. The quantitative estimate of drug-likeness (QED) is 0.437. The van der Waals surface area contributed by atoms with Gasteiger partial charge in [0.05, 0.1) is 18.9 Å². The first-order valence-corrected chi connectivity index (χ1v) is 6.46. The summed E-state index contributed by atoms with van der Waals surface area (Å²) in [4.78, 5) is 27.7. The third-order valence-electron chi connectivity index (χ3n) is 2.67. The van der Waals surface area contributed by atoms with Crippen LogP contribution in [-0.4, -0.2) is 18.5 Å². The molecule has 1 rings (SSSR count). The Hall–Kier alpha value is -2.11. The largest absolute Gasteiger partial charge is 0.466 e. The van der Waals surface area contributed by atoms with Gasteiger partial charge >= 0.3 is 11.9 Å². The number of benzene rings is 1. The number of halogens is 1. The van der Waals surface area contributed by atoms with Crippen LogP contribution in [0.4, 0.5) is 10.2 Å². The van der Waals surface area contributed by atoms with Crippen LogP contribution >= 0.6 is 0 Å². The van der Waals surface area contributed by atoms with Crippen molar-refractivity contribution < 1.29 is 23.6 Å². The van der Waals surface area contributed by atoms with Crippen LogP contribution in [0.1, 0.15) is 26.7 Å². The van der Waals surface area contributed by atoms with E-state index in [4.69, 9.17) is 4.74 Å². The number of hydrogen-bond acceptors (Lipinski definition) is 5. The molecule has 0 bridgehead atoms. The van der Waals surface area contributed by atoms with Crippen molar-refractivity contribution in [3.05, 3.63) is 30.3 Å². The minimum Gasteiger partial charge on any atom is -0.466 e. The topological polar surface area (TPSA) is 55.8 Å². The Kier molecular flexibility index (Phi) is 6.49. The molecule has 0 radical (unpaired) electrons. The van der Waals surface area contributed by atoms with Crippen molar-refractivity contribution in [1.82, 2.24) is 0 Å². The minimum atomic E-state index is -0.799. The van der Waals surface area contributed by atoms with Crippen molar-refractivity contribution in [3.63, 3.8) is 0 Å². The molecule has 1 unspecified atom stereocenters. The van der Waals surface area contributed by atoms with Crippen LogP contribution in [-0.2, 0) is 19.2 Å². The van der Waals surface area contributed by atoms with Gasteiger partial charge in [-0.1, -0.05) is 29.6 Å². The van der Waals surface area contributed by atoms with Gasteiger partial charge in [-0.05, 0) is 30.8 Å². The SMILES string of the molecule is CCOC(=O)CC(CC)C(=O)ON(F)c1ccccc1. The fraction of sp³-hybridized carbons (Fsp3) is 0.429. The third kappa shape index (κ3) is 4.87. The highest BCUT2D eigenvalue weighted by Gasteiger charge is 2.25. The summed E-state index contributed by atoms with van der Waals surface area (Å²) < 4.78 is 18.4. The number of para-hydroxylation sites is 1. The Bertz CT molecular complexity index is 438. The summed E-state index contributed by atoms with van der Waals surface area (Å²) in [6.07, 6.45) is 0.242. The molecule has 0 heterocycles. The van der Waals surface area contributed by atoms with Gasteiger partial charge in [-0.2, -0.15) is 0 Å². The fourth-order valence-electron chi connectivity index (χ4n) is 1.57. The van der Waals surface area contributed by atoms with E-state index in [1.807, 2.05) is 0 Å². The Labute approximate surface area is 117 Å². The number of hydrogen-bond donors (Lipinski definition) is 0. The predicted molar refractivity (Wildman–Crippen MR) is 71.2 cm³/mol. The van der Waals surface area contributed by atoms with Crippen molar-refractivity contribution in [3.8, 4) is 0 Å². The van der Waals surface area contributed by atoms with Gasteiger partial charge in [0.2, 0.25) is 0 Å². The zero-order valence-corrected chi connectivity index (χ0v) is 11.5. The summed E-state index contributed by atoms with van der Waals surface area (Å²) in [6, 6.07) is 7.87. The molecule has 0 saturated carbocycles. The summed E-state index contributed by atoms with van der Waals surface area (Å²) in [5.41, 5.74) is 0.104. The Balaban J connectivity index is 2.57. The Morgan fingerprint density at radius 2 is 1.90 bits per heavy atom. The molecule has 20 heavy (non-hydrogen) atoms. The van der Waals surface area contributed by atoms with Crippen molar-refractivity contribution in [2.75, 3.05) is 11.9 Å². The Morgan fingerprint density at radius 3 is 2.45 bits per heavy atom. The lowest BCUT2D eigenvalue weighted by atomic mass is 10.0. The molecule has 6 heteroatoms. The molecule has 1 atom stereocenters. The van der Waals surface area contributed by atoms with Crippen LogP contribution in [0.5, 0.6) is 0 Å². The van der Waals surface area contributed by atoms with Gasteiger partial charge in [-0.25, -0.2) is 4.79 Å². The van der Waals surface area contributed by atoms with Crippen LogP contribution in [0.25, 0.3) is 0 Å². The molecule has 110 valence electrons. The summed E-state index contributed by atoms with van der Waals surface area (Å²) in [5, 5.41) is -0.101. The number of ether oxygens (including phenoxy) is 1. The molecule has 0 N–H and O–H groups in total. The highest BCUT2D eigenvalue weighted by Crippen LogP contribution is 2.18. The summed E-state index contributed by atoms with van der Waals surface area (Å²) >= 11 is 0. The molecule has 0 aliphatic carbocycles. The predicted octanol–water partition coefficient (Wildman–Crippen LogP) is 2.82. The number of carbonyl (C=O) groups is 2. The molecule has 0 amide bonds. The molecule has 0 saturated heterocycles. The molecule has 0 aromatic heterocycles. The maximum atomic E-state index is 13.6. The van der Waals surface area contributed by atoms with Crippen LogP contribution < -0.4 is 5.29 Å². The van der Waals surface area contributed by atoms with E-state index < -0.39 is 17.9 Å². The molecule has 1 aromatic rings. The fourth-order valence-corrected chi connectivity index (χ4v) is 1.57. The van der Waals surface area contributed by atoms with E-state index in [0.717, 1.165) is 0 Å². The highest BCUT2D eigenvalue weighted by molar-refractivity contribution is 5.80. The summed E-state index contributed by atoms with van der Waals surface area (Å²) in [7, 11) is 0. The van der Waals surface area contributed by atoms with E-state index in [9.17, 15) is 14.1 Å². The monoisotopic (exact) mass is 283 g/mol. The first kappa shape index (κ1) is 15.9. The molecular formula is C14H18FNO4. The second kappa shape index (κ2) is 8.14. The number of carbonyl (C=O) groups excluding carboxylic acids is 2. The lowest BCUT2D eigenvalue weighted by Crippen LogP contribution is -2.27. The smallest absolute Gasteiger partial charge is 0.339 e. The van der Waals surface area contributed by atoms with Gasteiger partial charge in [0.25, 0.3) is 0 Å². The van der Waals surface area contributed by atoms with Crippen molar-refractivity contribution >= 4 is 17.6 Å². The van der Waals surface area contributed by atoms with E-state index >= 15 is 0 Å².